The van der Waals surface area contributed by atoms with Crippen molar-refractivity contribution in [3.63, 3.8) is 0 Å². The summed E-state index contributed by atoms with van der Waals surface area (Å²) in [5.41, 5.74) is 3.21. The number of likely N-dealkylation sites (tertiary alicyclic amines) is 1. The summed E-state index contributed by atoms with van der Waals surface area (Å²) in [7, 11) is 4.06. The number of aromatic nitrogens is 2. The number of piperidine rings is 1. The second kappa shape index (κ2) is 10.7. The number of para-hydroxylation sites is 1. The molecular weight excluding hydrogens is 511 g/mol. The third-order valence-corrected chi connectivity index (χ3v) is 7.53. The van der Waals surface area contributed by atoms with E-state index in [0.29, 0.717) is 39.7 Å². The van der Waals surface area contributed by atoms with Crippen LogP contribution in [0.2, 0.25) is 10.0 Å². The lowest BCUT2D eigenvalue weighted by Crippen LogP contribution is -2.45. The average molecular weight is 541 g/mol. The van der Waals surface area contributed by atoms with Crippen molar-refractivity contribution in [1.29, 1.82) is 0 Å². The molecule has 1 saturated heterocycles. The molecule has 1 fully saturated rings. The van der Waals surface area contributed by atoms with Gasteiger partial charge in [-0.05, 0) is 62.7 Å². The predicted octanol–water partition coefficient (Wildman–Crippen LogP) is 5.46. The summed E-state index contributed by atoms with van der Waals surface area (Å²) in [5, 5.41) is 4.25. The quantitative estimate of drug-likeness (QED) is 0.413. The van der Waals surface area contributed by atoms with E-state index in [9.17, 15) is 4.79 Å². The first-order valence-corrected chi connectivity index (χ1v) is 13.1. The van der Waals surface area contributed by atoms with Gasteiger partial charge >= 0.3 is 0 Å². The predicted molar refractivity (Wildman–Crippen MR) is 149 cm³/mol. The monoisotopic (exact) mass is 540 g/mol. The fourth-order valence-electron chi connectivity index (χ4n) is 4.90. The fraction of sp³-hybridized carbons (Fsp3) is 0.370. The highest BCUT2D eigenvalue weighted by Gasteiger charge is 2.34. The van der Waals surface area contributed by atoms with Crippen LogP contribution in [-0.4, -0.2) is 61.1 Å². The molecule has 37 heavy (non-hydrogen) atoms. The lowest BCUT2D eigenvalue weighted by molar-refractivity contribution is -0.109. The maximum Gasteiger partial charge on any atom is 0.229 e. The molecular formula is C27H30Cl2N6O2. The van der Waals surface area contributed by atoms with Crippen molar-refractivity contribution >= 4 is 52.6 Å². The van der Waals surface area contributed by atoms with Gasteiger partial charge in [0.15, 0.2) is 0 Å². The first kappa shape index (κ1) is 25.6. The zero-order valence-electron chi connectivity index (χ0n) is 21.1. The molecule has 10 heteroatoms. The standard InChI is InChI=1S/C27H30Cl2N6O2/c1-17-13-18(7-8-24(17)37-19-9-11-33(2)12-10-19)31-27-30-14-20-23(15-36)35(16-34(3)26(20)32-27)25-21(28)5-4-6-22(25)29/h4-8,13-15,19,23H,9-12,16H2,1-3H3,(H,30,31,32). The molecule has 1 aromatic heterocycles. The molecule has 0 amide bonds. The summed E-state index contributed by atoms with van der Waals surface area (Å²) in [5.74, 6) is 2.02. The van der Waals surface area contributed by atoms with E-state index in [1.165, 1.54) is 0 Å². The average Bonchev–Trinajstić information content (AvgIpc) is 2.87. The van der Waals surface area contributed by atoms with Crippen LogP contribution in [0, 0.1) is 6.92 Å². The van der Waals surface area contributed by atoms with Gasteiger partial charge in [0.1, 0.15) is 30.0 Å². The van der Waals surface area contributed by atoms with Crippen LogP contribution in [-0.2, 0) is 4.79 Å². The van der Waals surface area contributed by atoms with Gasteiger partial charge in [-0.3, -0.25) is 0 Å². The maximum atomic E-state index is 12.2. The Labute approximate surface area is 227 Å². The van der Waals surface area contributed by atoms with Gasteiger partial charge in [0.25, 0.3) is 0 Å². The number of aryl methyl sites for hydroxylation is 1. The number of nitrogens with zero attached hydrogens (tertiary/aromatic N) is 5. The van der Waals surface area contributed by atoms with Gasteiger partial charge in [0.05, 0.1) is 22.4 Å². The van der Waals surface area contributed by atoms with Gasteiger partial charge in [-0.2, -0.15) is 4.98 Å². The molecule has 1 N–H and O–H groups in total. The largest absolute Gasteiger partial charge is 0.490 e. The minimum absolute atomic E-state index is 0.249. The summed E-state index contributed by atoms with van der Waals surface area (Å²) >= 11 is 12.9. The third kappa shape index (κ3) is 5.32. The van der Waals surface area contributed by atoms with Crippen LogP contribution in [0.4, 0.5) is 23.1 Å². The Bertz CT molecular complexity index is 1280. The Morgan fingerprint density at radius 1 is 1.11 bits per heavy atom. The number of nitrogens with one attached hydrogen (secondary N) is 1. The number of carbonyl (C=O) groups is 1. The van der Waals surface area contributed by atoms with Crippen LogP contribution >= 0.6 is 23.2 Å². The van der Waals surface area contributed by atoms with E-state index < -0.39 is 6.04 Å². The highest BCUT2D eigenvalue weighted by atomic mass is 35.5. The van der Waals surface area contributed by atoms with E-state index in [1.54, 1.807) is 24.4 Å². The number of hydrogen-bond acceptors (Lipinski definition) is 8. The number of halogens is 2. The number of carbonyl (C=O) groups excluding carboxylic acids is 1. The number of ether oxygens (including phenoxy) is 1. The summed E-state index contributed by atoms with van der Waals surface area (Å²) in [6, 6.07) is 10.7. The first-order chi connectivity index (χ1) is 17.8. The highest BCUT2D eigenvalue weighted by Crippen LogP contribution is 2.42. The number of fused-ring (bicyclic) bond motifs is 1. The SMILES string of the molecule is Cc1cc(Nc2ncc3c(n2)N(C)CN(c2c(Cl)cccc2Cl)C3C=O)ccc1OC1CCN(C)CC1. The van der Waals surface area contributed by atoms with Crippen molar-refractivity contribution in [1.82, 2.24) is 14.9 Å². The number of anilines is 4. The number of rotatable bonds is 6. The Morgan fingerprint density at radius 3 is 2.51 bits per heavy atom. The molecule has 3 aromatic rings. The minimum Gasteiger partial charge on any atom is -0.490 e. The molecule has 0 saturated carbocycles. The van der Waals surface area contributed by atoms with Crippen LogP contribution in [0.5, 0.6) is 5.75 Å². The van der Waals surface area contributed by atoms with E-state index >= 15 is 0 Å². The van der Waals surface area contributed by atoms with Crippen LogP contribution in [0.25, 0.3) is 0 Å². The lowest BCUT2D eigenvalue weighted by Gasteiger charge is -2.41. The summed E-state index contributed by atoms with van der Waals surface area (Å²) in [6.07, 6.45) is 4.87. The van der Waals surface area contributed by atoms with E-state index in [4.69, 9.17) is 32.9 Å². The normalized spacial score (nSPS) is 18.5. The molecule has 194 valence electrons. The van der Waals surface area contributed by atoms with Crippen LogP contribution in [0.3, 0.4) is 0 Å². The van der Waals surface area contributed by atoms with E-state index in [0.717, 1.165) is 49.2 Å². The van der Waals surface area contributed by atoms with Gasteiger partial charge in [-0.25, -0.2) is 4.98 Å². The Morgan fingerprint density at radius 2 is 1.84 bits per heavy atom. The van der Waals surface area contributed by atoms with Crippen LogP contribution in [0.1, 0.15) is 30.0 Å². The first-order valence-electron chi connectivity index (χ1n) is 12.3. The molecule has 0 aliphatic carbocycles. The van der Waals surface area contributed by atoms with Gasteiger partial charge in [0, 0.05) is 37.6 Å². The van der Waals surface area contributed by atoms with Gasteiger partial charge < -0.3 is 29.5 Å². The van der Waals surface area contributed by atoms with Crippen molar-refractivity contribution in [3.8, 4) is 5.75 Å². The third-order valence-electron chi connectivity index (χ3n) is 6.92. The highest BCUT2D eigenvalue weighted by molar-refractivity contribution is 6.39. The van der Waals surface area contributed by atoms with Crippen LogP contribution < -0.4 is 19.9 Å². The summed E-state index contributed by atoms with van der Waals surface area (Å²) < 4.78 is 6.27. The molecule has 0 radical (unpaired) electrons. The van der Waals surface area contributed by atoms with Crippen molar-refractivity contribution in [3.05, 3.63) is 63.8 Å². The maximum absolute atomic E-state index is 12.2. The molecule has 8 nitrogen and oxygen atoms in total. The molecule has 3 heterocycles. The van der Waals surface area contributed by atoms with Gasteiger partial charge in [-0.15, -0.1) is 0 Å². The molecule has 0 bridgehead atoms. The second-order valence-corrected chi connectivity index (χ2v) is 10.5. The smallest absolute Gasteiger partial charge is 0.229 e. The van der Waals surface area contributed by atoms with Crippen molar-refractivity contribution in [2.24, 2.45) is 0 Å². The molecule has 1 atom stereocenters. The zero-order chi connectivity index (χ0) is 26.1. The molecule has 1 unspecified atom stereocenters. The Balaban J connectivity index is 1.34. The Kier molecular flexibility index (Phi) is 7.42. The zero-order valence-corrected chi connectivity index (χ0v) is 22.6. The summed E-state index contributed by atoms with van der Waals surface area (Å²) in [6.45, 7) is 4.54. The topological polar surface area (TPSA) is 73.8 Å². The fourth-order valence-corrected chi connectivity index (χ4v) is 5.51. The van der Waals surface area contributed by atoms with Crippen molar-refractivity contribution in [2.45, 2.75) is 31.9 Å². The molecule has 2 aliphatic heterocycles. The minimum atomic E-state index is -0.615. The number of aldehydes is 1. The Hall–Kier alpha value is -3.07. The van der Waals surface area contributed by atoms with E-state index in [-0.39, 0.29) is 6.10 Å². The molecule has 0 spiro atoms. The number of benzene rings is 2. The molecule has 5 rings (SSSR count). The van der Waals surface area contributed by atoms with Crippen LogP contribution in [0.15, 0.2) is 42.6 Å². The molecule has 2 aliphatic rings. The number of hydrogen-bond donors (Lipinski definition) is 1. The van der Waals surface area contributed by atoms with Crippen molar-refractivity contribution < 1.29 is 9.53 Å². The molecule has 2 aromatic carbocycles. The lowest BCUT2D eigenvalue weighted by atomic mass is 10.1. The van der Waals surface area contributed by atoms with Crippen molar-refractivity contribution in [2.75, 3.05) is 49.0 Å². The van der Waals surface area contributed by atoms with Gasteiger partial charge in [0.2, 0.25) is 5.95 Å². The summed E-state index contributed by atoms with van der Waals surface area (Å²) in [4.78, 5) is 27.6. The van der Waals surface area contributed by atoms with E-state index in [2.05, 4.69) is 22.2 Å². The van der Waals surface area contributed by atoms with E-state index in [1.807, 2.05) is 42.0 Å². The second-order valence-electron chi connectivity index (χ2n) is 9.66. The van der Waals surface area contributed by atoms with Gasteiger partial charge in [-0.1, -0.05) is 29.3 Å².